The molecule has 1 aliphatic carbocycles. The van der Waals surface area contributed by atoms with E-state index in [1.54, 1.807) is 17.6 Å². The lowest BCUT2D eigenvalue weighted by Gasteiger charge is -2.19. The maximum atomic E-state index is 11.7. The van der Waals surface area contributed by atoms with Crippen LogP contribution in [-0.2, 0) is 4.79 Å². The Hall–Kier alpha value is -1.16. The minimum atomic E-state index is 0.0752. The molecular weight excluding hydrogens is 220 g/mol. The predicted molar refractivity (Wildman–Crippen MR) is 66.6 cm³/mol. The molecule has 1 amide bonds. The fourth-order valence-corrected chi connectivity index (χ4v) is 2.59. The third kappa shape index (κ3) is 3.17. The molecule has 0 atom stereocenters. The molecule has 1 aromatic rings. The van der Waals surface area contributed by atoms with Gasteiger partial charge in [-0.3, -0.25) is 4.79 Å². The molecule has 0 radical (unpaired) electrons. The first-order valence-corrected chi connectivity index (χ1v) is 6.65. The second-order valence-electron chi connectivity index (χ2n) is 4.13. The van der Waals surface area contributed by atoms with Crippen LogP contribution in [0.15, 0.2) is 21.9 Å². The molecule has 1 aromatic heterocycles. The van der Waals surface area contributed by atoms with E-state index in [2.05, 4.69) is 10.5 Å². The molecule has 1 N–H and O–H groups in total. The molecule has 0 saturated heterocycles. The second-order valence-corrected chi connectivity index (χ2v) is 4.91. The van der Waals surface area contributed by atoms with Crippen LogP contribution in [-0.4, -0.2) is 12.1 Å². The number of hydrazone groups is 1. The van der Waals surface area contributed by atoms with Crippen LogP contribution in [0.4, 0.5) is 0 Å². The molecule has 1 aliphatic rings. The molecule has 0 unspecified atom stereocenters. The van der Waals surface area contributed by atoms with Crippen LogP contribution in [0.1, 0.15) is 37.7 Å². The molecule has 2 rings (SSSR count). The summed E-state index contributed by atoms with van der Waals surface area (Å²) >= 11 is 1.62. The van der Waals surface area contributed by atoms with Gasteiger partial charge in [-0.1, -0.05) is 19.3 Å². The summed E-state index contributed by atoms with van der Waals surface area (Å²) in [6, 6.07) is 1.97. The smallest absolute Gasteiger partial charge is 0.243 e. The van der Waals surface area contributed by atoms with Crippen molar-refractivity contribution in [3.63, 3.8) is 0 Å². The minimum absolute atomic E-state index is 0.0752. The average molecular weight is 236 g/mol. The first-order chi connectivity index (χ1) is 7.86. The zero-order valence-corrected chi connectivity index (χ0v) is 10.0. The highest BCUT2D eigenvalue weighted by Crippen LogP contribution is 2.23. The number of rotatable bonds is 3. The number of thiophene rings is 1. The van der Waals surface area contributed by atoms with Gasteiger partial charge in [-0.2, -0.15) is 16.4 Å². The van der Waals surface area contributed by atoms with Gasteiger partial charge in [0.2, 0.25) is 5.91 Å². The van der Waals surface area contributed by atoms with Crippen LogP contribution in [0.3, 0.4) is 0 Å². The molecule has 0 bridgehead atoms. The lowest BCUT2D eigenvalue weighted by molar-refractivity contribution is -0.125. The van der Waals surface area contributed by atoms with E-state index in [4.69, 9.17) is 0 Å². The van der Waals surface area contributed by atoms with Crippen LogP contribution in [0.5, 0.6) is 0 Å². The van der Waals surface area contributed by atoms with Crippen LogP contribution in [0.2, 0.25) is 0 Å². The van der Waals surface area contributed by atoms with Crippen LogP contribution >= 0.6 is 11.3 Å². The molecule has 1 saturated carbocycles. The highest BCUT2D eigenvalue weighted by molar-refractivity contribution is 7.08. The number of nitrogens with one attached hydrogen (secondary N) is 1. The Kier molecular flexibility index (Phi) is 4.10. The van der Waals surface area contributed by atoms with Gasteiger partial charge in [0.15, 0.2) is 0 Å². The first-order valence-electron chi connectivity index (χ1n) is 5.71. The molecule has 86 valence electrons. The van der Waals surface area contributed by atoms with Gasteiger partial charge in [0, 0.05) is 11.5 Å². The Labute approximate surface area is 99.6 Å². The number of carbonyl (C=O) groups excluding carboxylic acids is 1. The van der Waals surface area contributed by atoms with E-state index >= 15 is 0 Å². The van der Waals surface area contributed by atoms with Gasteiger partial charge in [-0.05, 0) is 29.7 Å². The van der Waals surface area contributed by atoms with Gasteiger partial charge in [-0.15, -0.1) is 0 Å². The van der Waals surface area contributed by atoms with Gasteiger partial charge in [-0.25, -0.2) is 5.43 Å². The normalized spacial score (nSPS) is 17.8. The van der Waals surface area contributed by atoms with E-state index < -0.39 is 0 Å². The maximum absolute atomic E-state index is 11.7. The van der Waals surface area contributed by atoms with Gasteiger partial charge >= 0.3 is 0 Å². The molecule has 3 nitrogen and oxygen atoms in total. The SMILES string of the molecule is O=C(N/N=C\c1ccsc1)C1CCCCC1. The lowest BCUT2D eigenvalue weighted by Crippen LogP contribution is -2.28. The first kappa shape index (κ1) is 11.3. The summed E-state index contributed by atoms with van der Waals surface area (Å²) in [5.74, 6) is 0.250. The van der Waals surface area contributed by atoms with Crippen molar-refractivity contribution < 1.29 is 4.79 Å². The Morgan fingerprint density at radius 1 is 1.44 bits per heavy atom. The van der Waals surface area contributed by atoms with Gasteiger partial charge < -0.3 is 0 Å². The van der Waals surface area contributed by atoms with Gasteiger partial charge in [0.05, 0.1) is 6.21 Å². The van der Waals surface area contributed by atoms with Crippen molar-refractivity contribution in [2.24, 2.45) is 11.0 Å². The molecule has 1 fully saturated rings. The highest BCUT2D eigenvalue weighted by Gasteiger charge is 2.20. The van der Waals surface area contributed by atoms with Crippen molar-refractivity contribution in [2.45, 2.75) is 32.1 Å². The van der Waals surface area contributed by atoms with E-state index in [9.17, 15) is 4.79 Å². The van der Waals surface area contributed by atoms with E-state index in [1.807, 2.05) is 16.8 Å². The summed E-state index contributed by atoms with van der Waals surface area (Å²) in [7, 11) is 0. The summed E-state index contributed by atoms with van der Waals surface area (Å²) < 4.78 is 0. The summed E-state index contributed by atoms with van der Waals surface area (Å²) in [6.45, 7) is 0. The van der Waals surface area contributed by atoms with E-state index in [0.29, 0.717) is 0 Å². The van der Waals surface area contributed by atoms with Crippen molar-refractivity contribution in [1.29, 1.82) is 0 Å². The Balaban J connectivity index is 1.78. The van der Waals surface area contributed by atoms with Gasteiger partial charge in [0.25, 0.3) is 0 Å². The monoisotopic (exact) mass is 236 g/mol. The molecule has 1 heterocycles. The number of carbonyl (C=O) groups is 1. The molecule has 0 aromatic carbocycles. The molecule has 16 heavy (non-hydrogen) atoms. The summed E-state index contributed by atoms with van der Waals surface area (Å²) in [5.41, 5.74) is 3.66. The van der Waals surface area contributed by atoms with Gasteiger partial charge in [0.1, 0.15) is 0 Å². The fraction of sp³-hybridized carbons (Fsp3) is 0.500. The summed E-state index contributed by atoms with van der Waals surface area (Å²) in [5, 5.41) is 7.96. The zero-order valence-electron chi connectivity index (χ0n) is 9.19. The summed E-state index contributed by atoms with van der Waals surface area (Å²) in [6.07, 6.45) is 7.33. The Morgan fingerprint density at radius 3 is 2.94 bits per heavy atom. The van der Waals surface area contributed by atoms with Crippen molar-refractivity contribution in [3.8, 4) is 0 Å². The Morgan fingerprint density at radius 2 is 2.25 bits per heavy atom. The second kappa shape index (κ2) is 5.80. The van der Waals surface area contributed by atoms with Crippen molar-refractivity contribution >= 4 is 23.5 Å². The van der Waals surface area contributed by atoms with E-state index in [1.165, 1.54) is 19.3 Å². The topological polar surface area (TPSA) is 41.5 Å². The maximum Gasteiger partial charge on any atom is 0.243 e. The number of hydrogen-bond acceptors (Lipinski definition) is 3. The van der Waals surface area contributed by atoms with E-state index in [-0.39, 0.29) is 11.8 Å². The summed E-state index contributed by atoms with van der Waals surface area (Å²) in [4.78, 5) is 11.7. The third-order valence-electron chi connectivity index (χ3n) is 2.91. The predicted octanol–water partition coefficient (Wildman–Crippen LogP) is 2.78. The minimum Gasteiger partial charge on any atom is -0.273 e. The highest BCUT2D eigenvalue weighted by atomic mass is 32.1. The van der Waals surface area contributed by atoms with Crippen LogP contribution < -0.4 is 5.43 Å². The van der Waals surface area contributed by atoms with Crippen LogP contribution in [0, 0.1) is 5.92 Å². The number of amides is 1. The third-order valence-corrected chi connectivity index (χ3v) is 3.61. The number of nitrogens with zero attached hydrogens (tertiary/aromatic N) is 1. The number of hydrogen-bond donors (Lipinski definition) is 1. The zero-order chi connectivity index (χ0) is 11.2. The van der Waals surface area contributed by atoms with Crippen molar-refractivity contribution in [1.82, 2.24) is 5.43 Å². The van der Waals surface area contributed by atoms with Crippen LogP contribution in [0.25, 0.3) is 0 Å². The Bertz CT molecular complexity index is 353. The fourth-order valence-electron chi connectivity index (χ4n) is 1.97. The van der Waals surface area contributed by atoms with Crippen molar-refractivity contribution in [3.05, 3.63) is 22.4 Å². The quantitative estimate of drug-likeness (QED) is 0.636. The average Bonchev–Trinajstić information content (AvgIpc) is 2.83. The van der Waals surface area contributed by atoms with E-state index in [0.717, 1.165) is 18.4 Å². The molecular formula is C12H16N2OS. The molecule has 4 heteroatoms. The standard InChI is InChI=1S/C12H16N2OS/c15-12(11-4-2-1-3-5-11)14-13-8-10-6-7-16-9-10/h6-9,11H,1-5H2,(H,14,15)/b13-8-. The molecule has 0 spiro atoms. The van der Waals surface area contributed by atoms with Crippen molar-refractivity contribution in [2.75, 3.05) is 0 Å². The largest absolute Gasteiger partial charge is 0.273 e. The molecule has 0 aliphatic heterocycles. The lowest BCUT2D eigenvalue weighted by atomic mass is 9.89.